The maximum atomic E-state index is 13.0. The minimum Gasteiger partial charge on any atom is -0.357 e. The first-order valence-electron chi connectivity index (χ1n) is 8.96. The zero-order valence-corrected chi connectivity index (χ0v) is 14.9. The van der Waals surface area contributed by atoms with Gasteiger partial charge in [0, 0.05) is 18.1 Å². The van der Waals surface area contributed by atoms with Gasteiger partial charge in [0.15, 0.2) is 0 Å². The Bertz CT molecular complexity index is 765. The van der Waals surface area contributed by atoms with Gasteiger partial charge in [-0.05, 0) is 55.5 Å². The molecular weight excluding hydrogens is 334 g/mol. The van der Waals surface area contributed by atoms with Crippen molar-refractivity contribution >= 4 is 29.0 Å². The highest BCUT2D eigenvalue weighted by atomic mass is 35.5. The first kappa shape index (κ1) is 16.4. The number of anilines is 2. The lowest BCUT2D eigenvalue weighted by molar-refractivity contribution is -0.124. The summed E-state index contributed by atoms with van der Waals surface area (Å²) in [6.45, 7) is 2.13. The Kier molecular flexibility index (Phi) is 4.38. The molecule has 25 heavy (non-hydrogen) atoms. The Labute approximate surface area is 153 Å². The summed E-state index contributed by atoms with van der Waals surface area (Å²) in [5.41, 5.74) is 1.30. The molecule has 2 aromatic rings. The number of halogens is 1. The molecule has 2 fully saturated rings. The maximum absolute atomic E-state index is 13.0. The average molecular weight is 356 g/mol. The standard InChI is InChI=1S/C20H22ClN3O/c21-16-6-3-5-15(13-16)20(9-4-10-20)19(25)23-17-7-8-18(22-14-17)24-11-1-2-12-24/h3,5-8,13-14H,1-2,4,9-12H2,(H,23,25). The number of carbonyl (C=O) groups is 1. The molecule has 1 saturated carbocycles. The van der Waals surface area contributed by atoms with Crippen LogP contribution in [-0.2, 0) is 10.2 Å². The zero-order chi connectivity index (χ0) is 17.3. The van der Waals surface area contributed by atoms with Crippen molar-refractivity contribution < 1.29 is 4.79 Å². The lowest BCUT2D eigenvalue weighted by atomic mass is 9.64. The minimum absolute atomic E-state index is 0.0386. The molecule has 0 radical (unpaired) electrons. The SMILES string of the molecule is O=C(Nc1ccc(N2CCCC2)nc1)C1(c2cccc(Cl)c2)CCC1. The van der Waals surface area contributed by atoms with Gasteiger partial charge in [-0.15, -0.1) is 0 Å². The van der Waals surface area contributed by atoms with Crippen molar-refractivity contribution in [3.8, 4) is 0 Å². The van der Waals surface area contributed by atoms with E-state index >= 15 is 0 Å². The topological polar surface area (TPSA) is 45.2 Å². The summed E-state index contributed by atoms with van der Waals surface area (Å²) in [7, 11) is 0. The van der Waals surface area contributed by atoms with Crippen molar-refractivity contribution in [3.63, 3.8) is 0 Å². The van der Waals surface area contributed by atoms with Crippen LogP contribution in [0, 0.1) is 0 Å². The highest BCUT2D eigenvalue weighted by Gasteiger charge is 2.45. The second-order valence-electron chi connectivity index (χ2n) is 7.00. The van der Waals surface area contributed by atoms with E-state index in [0.29, 0.717) is 5.02 Å². The van der Waals surface area contributed by atoms with Crippen molar-refractivity contribution in [1.29, 1.82) is 0 Å². The van der Waals surface area contributed by atoms with Gasteiger partial charge in [0.25, 0.3) is 0 Å². The van der Waals surface area contributed by atoms with Crippen molar-refractivity contribution in [1.82, 2.24) is 4.98 Å². The van der Waals surface area contributed by atoms with Gasteiger partial charge in [-0.3, -0.25) is 4.79 Å². The Morgan fingerprint density at radius 3 is 2.52 bits per heavy atom. The summed E-state index contributed by atoms with van der Waals surface area (Å²) in [6, 6.07) is 11.6. The number of hydrogen-bond acceptors (Lipinski definition) is 3. The van der Waals surface area contributed by atoms with Crippen LogP contribution in [-0.4, -0.2) is 24.0 Å². The van der Waals surface area contributed by atoms with E-state index in [1.54, 1.807) is 6.20 Å². The monoisotopic (exact) mass is 355 g/mol. The summed E-state index contributed by atoms with van der Waals surface area (Å²) >= 11 is 6.13. The van der Waals surface area contributed by atoms with Gasteiger partial charge >= 0.3 is 0 Å². The van der Waals surface area contributed by atoms with E-state index in [4.69, 9.17) is 11.6 Å². The average Bonchev–Trinajstić information content (AvgIpc) is 3.09. The van der Waals surface area contributed by atoms with Gasteiger partial charge in [-0.25, -0.2) is 4.98 Å². The largest absolute Gasteiger partial charge is 0.357 e. The number of nitrogens with one attached hydrogen (secondary N) is 1. The molecule has 0 atom stereocenters. The maximum Gasteiger partial charge on any atom is 0.235 e. The quantitative estimate of drug-likeness (QED) is 0.884. The molecule has 1 N–H and O–H groups in total. The van der Waals surface area contributed by atoms with E-state index in [2.05, 4.69) is 15.2 Å². The molecule has 5 heteroatoms. The number of carbonyl (C=O) groups excluding carboxylic acids is 1. The van der Waals surface area contributed by atoms with Crippen LogP contribution in [0.5, 0.6) is 0 Å². The van der Waals surface area contributed by atoms with Crippen LogP contribution in [0.4, 0.5) is 11.5 Å². The molecule has 1 aliphatic carbocycles. The predicted molar refractivity (Wildman–Crippen MR) is 101 cm³/mol. The van der Waals surface area contributed by atoms with Crippen LogP contribution < -0.4 is 10.2 Å². The summed E-state index contributed by atoms with van der Waals surface area (Å²) in [4.78, 5) is 19.8. The summed E-state index contributed by atoms with van der Waals surface area (Å²) < 4.78 is 0. The van der Waals surface area contributed by atoms with Crippen molar-refractivity contribution in [3.05, 3.63) is 53.2 Å². The molecule has 1 amide bonds. The van der Waals surface area contributed by atoms with E-state index in [0.717, 1.165) is 49.4 Å². The van der Waals surface area contributed by atoms with Crippen LogP contribution in [0.25, 0.3) is 0 Å². The van der Waals surface area contributed by atoms with Gasteiger partial charge in [0.2, 0.25) is 5.91 Å². The van der Waals surface area contributed by atoms with Gasteiger partial charge < -0.3 is 10.2 Å². The third-order valence-electron chi connectivity index (χ3n) is 5.45. The fourth-order valence-electron chi connectivity index (χ4n) is 3.81. The third-order valence-corrected chi connectivity index (χ3v) is 5.69. The van der Waals surface area contributed by atoms with Crippen LogP contribution in [0.3, 0.4) is 0 Å². The highest BCUT2D eigenvalue weighted by molar-refractivity contribution is 6.30. The van der Waals surface area contributed by atoms with Crippen molar-refractivity contribution in [2.45, 2.75) is 37.5 Å². The molecule has 2 aliphatic rings. The van der Waals surface area contributed by atoms with E-state index in [9.17, 15) is 4.79 Å². The van der Waals surface area contributed by atoms with E-state index in [1.807, 2.05) is 36.4 Å². The number of pyridine rings is 1. The normalized spacial score (nSPS) is 18.7. The van der Waals surface area contributed by atoms with Gasteiger partial charge in [-0.1, -0.05) is 30.2 Å². The second-order valence-corrected chi connectivity index (χ2v) is 7.44. The zero-order valence-electron chi connectivity index (χ0n) is 14.2. The fraction of sp³-hybridized carbons (Fsp3) is 0.400. The smallest absolute Gasteiger partial charge is 0.235 e. The van der Waals surface area contributed by atoms with E-state index < -0.39 is 5.41 Å². The van der Waals surface area contributed by atoms with Gasteiger partial charge in [0.05, 0.1) is 17.3 Å². The molecule has 0 spiro atoms. The number of aromatic nitrogens is 1. The summed E-state index contributed by atoms with van der Waals surface area (Å²) in [5, 5.41) is 3.73. The van der Waals surface area contributed by atoms with E-state index in [1.165, 1.54) is 12.8 Å². The fourth-order valence-corrected chi connectivity index (χ4v) is 4.00. The Morgan fingerprint density at radius 2 is 1.92 bits per heavy atom. The van der Waals surface area contributed by atoms with Crippen LogP contribution in [0.15, 0.2) is 42.6 Å². The molecule has 4 rings (SSSR count). The first-order valence-corrected chi connectivity index (χ1v) is 9.34. The molecule has 1 aliphatic heterocycles. The molecule has 0 unspecified atom stereocenters. The minimum atomic E-state index is -0.460. The number of amides is 1. The third kappa shape index (κ3) is 3.11. The first-order chi connectivity index (χ1) is 12.2. The number of hydrogen-bond donors (Lipinski definition) is 1. The van der Waals surface area contributed by atoms with Crippen LogP contribution >= 0.6 is 11.6 Å². The molecule has 1 aromatic heterocycles. The number of rotatable bonds is 4. The Hall–Kier alpha value is -2.07. The van der Waals surface area contributed by atoms with E-state index in [-0.39, 0.29) is 5.91 Å². The van der Waals surface area contributed by atoms with Gasteiger partial charge in [0.1, 0.15) is 5.82 Å². The number of benzene rings is 1. The van der Waals surface area contributed by atoms with Crippen LogP contribution in [0.2, 0.25) is 5.02 Å². The second kappa shape index (κ2) is 6.68. The van der Waals surface area contributed by atoms with Gasteiger partial charge in [-0.2, -0.15) is 0 Å². The Morgan fingerprint density at radius 1 is 1.12 bits per heavy atom. The van der Waals surface area contributed by atoms with Crippen LogP contribution in [0.1, 0.15) is 37.7 Å². The van der Waals surface area contributed by atoms with Crippen molar-refractivity contribution in [2.24, 2.45) is 0 Å². The molecule has 1 saturated heterocycles. The molecule has 1 aromatic carbocycles. The summed E-state index contributed by atoms with van der Waals surface area (Å²) in [6.07, 6.45) is 6.99. The predicted octanol–water partition coefficient (Wildman–Crippen LogP) is 4.40. The highest BCUT2D eigenvalue weighted by Crippen LogP contribution is 2.45. The summed E-state index contributed by atoms with van der Waals surface area (Å²) in [5.74, 6) is 1.03. The molecule has 2 heterocycles. The lowest BCUT2D eigenvalue weighted by Gasteiger charge is -2.40. The van der Waals surface area contributed by atoms with Crippen molar-refractivity contribution in [2.75, 3.05) is 23.3 Å². The molecule has 4 nitrogen and oxygen atoms in total. The number of nitrogens with zero attached hydrogens (tertiary/aromatic N) is 2. The molecule has 0 bridgehead atoms. The lowest BCUT2D eigenvalue weighted by Crippen LogP contribution is -2.46. The Balaban J connectivity index is 1.50. The molecule has 130 valence electrons. The molecular formula is C20H22ClN3O.